The Morgan fingerprint density at radius 3 is 2.71 bits per heavy atom. The summed E-state index contributed by atoms with van der Waals surface area (Å²) in [4.78, 5) is 26.7. The van der Waals surface area contributed by atoms with Crippen LogP contribution >= 0.6 is 0 Å². The summed E-state index contributed by atoms with van der Waals surface area (Å²) in [6.07, 6.45) is 7.25. The number of amides is 2. The number of hydrogen-bond donors (Lipinski definition) is 1. The molecule has 3 rings (SSSR count). The lowest BCUT2D eigenvalue weighted by Gasteiger charge is -2.39. The molecule has 0 radical (unpaired) electrons. The van der Waals surface area contributed by atoms with Gasteiger partial charge in [-0.25, -0.2) is 0 Å². The van der Waals surface area contributed by atoms with E-state index in [0.29, 0.717) is 18.9 Å². The molecule has 0 aromatic carbocycles. The van der Waals surface area contributed by atoms with E-state index < -0.39 is 0 Å². The van der Waals surface area contributed by atoms with Gasteiger partial charge in [0, 0.05) is 19.8 Å². The summed E-state index contributed by atoms with van der Waals surface area (Å²) in [6, 6.07) is -0.627. The minimum absolute atomic E-state index is 0.0233. The summed E-state index contributed by atoms with van der Waals surface area (Å²) >= 11 is 0. The van der Waals surface area contributed by atoms with Gasteiger partial charge >= 0.3 is 0 Å². The largest absolute Gasteiger partial charge is 0.343 e. The van der Waals surface area contributed by atoms with E-state index in [1.807, 2.05) is 26.4 Å². The Morgan fingerprint density at radius 1 is 1.38 bits per heavy atom. The molecule has 2 aliphatic rings. The number of rotatable bonds is 5. The van der Waals surface area contributed by atoms with Gasteiger partial charge in [0.2, 0.25) is 11.8 Å². The Bertz CT molecular complexity index is 550. The normalized spacial score (nSPS) is 26.1. The molecule has 6 nitrogen and oxygen atoms in total. The summed E-state index contributed by atoms with van der Waals surface area (Å²) in [7, 11) is 1.88. The molecular weight excluding hydrogens is 268 g/mol. The predicted molar refractivity (Wildman–Crippen MR) is 77.4 cm³/mol. The number of aryl methyl sites for hydroxylation is 1. The van der Waals surface area contributed by atoms with Crippen molar-refractivity contribution >= 4 is 11.8 Å². The number of carbonyl (C=O) groups excluding carboxylic acids is 2. The molecule has 1 saturated carbocycles. The van der Waals surface area contributed by atoms with Crippen molar-refractivity contribution in [2.45, 2.75) is 44.7 Å². The molecule has 114 valence electrons. The zero-order valence-electron chi connectivity index (χ0n) is 12.6. The standard InChI is InChI=1S/C15H22N4O2/c1-3-12-15(21)19(7-6-10-8-16-18(2)9-10)13(11-4-5-11)14(20)17-12/h8-9,11-13H,3-7H2,1-2H3,(H,17,20). The average molecular weight is 290 g/mol. The van der Waals surface area contributed by atoms with Crippen LogP contribution in [-0.4, -0.2) is 45.1 Å². The van der Waals surface area contributed by atoms with Gasteiger partial charge in [-0.1, -0.05) is 6.92 Å². The van der Waals surface area contributed by atoms with Gasteiger partial charge in [-0.05, 0) is 37.2 Å². The maximum Gasteiger partial charge on any atom is 0.245 e. The summed E-state index contributed by atoms with van der Waals surface area (Å²) < 4.78 is 1.76. The van der Waals surface area contributed by atoms with Gasteiger partial charge in [-0.15, -0.1) is 0 Å². The van der Waals surface area contributed by atoms with Crippen molar-refractivity contribution in [1.82, 2.24) is 20.0 Å². The molecule has 1 aromatic heterocycles. The first kappa shape index (κ1) is 14.1. The van der Waals surface area contributed by atoms with Crippen molar-refractivity contribution in [3.8, 4) is 0 Å². The van der Waals surface area contributed by atoms with E-state index >= 15 is 0 Å². The highest BCUT2D eigenvalue weighted by atomic mass is 16.2. The van der Waals surface area contributed by atoms with Crippen molar-refractivity contribution < 1.29 is 9.59 Å². The van der Waals surface area contributed by atoms with Gasteiger partial charge in [0.15, 0.2) is 0 Å². The van der Waals surface area contributed by atoms with E-state index in [4.69, 9.17) is 0 Å². The van der Waals surface area contributed by atoms with E-state index in [-0.39, 0.29) is 23.9 Å². The van der Waals surface area contributed by atoms with Crippen LogP contribution in [0.4, 0.5) is 0 Å². The lowest BCUT2D eigenvalue weighted by molar-refractivity contribution is -0.150. The number of piperazine rings is 1. The molecule has 6 heteroatoms. The summed E-state index contributed by atoms with van der Waals surface area (Å²) in [5, 5.41) is 7.02. The zero-order valence-corrected chi connectivity index (χ0v) is 12.6. The molecule has 1 saturated heterocycles. The molecule has 0 spiro atoms. The van der Waals surface area contributed by atoms with Crippen LogP contribution in [0.15, 0.2) is 12.4 Å². The molecule has 1 aliphatic carbocycles. The Balaban J connectivity index is 1.73. The van der Waals surface area contributed by atoms with Gasteiger partial charge in [0.05, 0.1) is 6.20 Å². The minimum Gasteiger partial charge on any atom is -0.343 e. The smallest absolute Gasteiger partial charge is 0.245 e. The topological polar surface area (TPSA) is 67.2 Å². The van der Waals surface area contributed by atoms with E-state index in [1.165, 1.54) is 0 Å². The van der Waals surface area contributed by atoms with Crippen molar-refractivity contribution in [3.63, 3.8) is 0 Å². The van der Waals surface area contributed by atoms with Gasteiger partial charge in [-0.3, -0.25) is 14.3 Å². The highest BCUT2D eigenvalue weighted by Gasteiger charge is 2.47. The molecule has 21 heavy (non-hydrogen) atoms. The van der Waals surface area contributed by atoms with E-state index in [1.54, 1.807) is 9.58 Å². The van der Waals surface area contributed by atoms with Gasteiger partial charge in [-0.2, -0.15) is 5.10 Å². The van der Waals surface area contributed by atoms with Crippen LogP contribution in [0.2, 0.25) is 0 Å². The quantitative estimate of drug-likeness (QED) is 0.857. The number of nitrogens with zero attached hydrogens (tertiary/aromatic N) is 3. The third kappa shape index (κ3) is 2.80. The maximum atomic E-state index is 12.6. The number of aromatic nitrogens is 2. The molecule has 1 aliphatic heterocycles. The third-order valence-corrected chi connectivity index (χ3v) is 4.38. The van der Waals surface area contributed by atoms with Crippen molar-refractivity contribution in [3.05, 3.63) is 18.0 Å². The predicted octanol–water partition coefficient (Wildman–Crippen LogP) is 0.478. The monoisotopic (exact) mass is 290 g/mol. The lowest BCUT2D eigenvalue weighted by Crippen LogP contribution is -2.64. The second-order valence-corrected chi connectivity index (χ2v) is 6.06. The lowest BCUT2D eigenvalue weighted by atomic mass is 10.0. The van der Waals surface area contributed by atoms with Crippen LogP contribution in [-0.2, 0) is 23.1 Å². The van der Waals surface area contributed by atoms with Crippen LogP contribution in [0.25, 0.3) is 0 Å². The third-order valence-electron chi connectivity index (χ3n) is 4.38. The Labute approximate surface area is 124 Å². The Hall–Kier alpha value is -1.85. The van der Waals surface area contributed by atoms with E-state index in [2.05, 4.69) is 10.4 Å². The minimum atomic E-state index is -0.360. The molecule has 2 unspecified atom stereocenters. The summed E-state index contributed by atoms with van der Waals surface area (Å²) in [5.41, 5.74) is 1.10. The van der Waals surface area contributed by atoms with Gasteiger partial charge in [0.25, 0.3) is 0 Å². The zero-order chi connectivity index (χ0) is 15.0. The summed E-state index contributed by atoms with van der Waals surface area (Å²) in [6.45, 7) is 2.52. The molecule has 2 atom stereocenters. The maximum absolute atomic E-state index is 12.6. The Kier molecular flexibility index (Phi) is 3.69. The van der Waals surface area contributed by atoms with Crippen LogP contribution in [0, 0.1) is 5.92 Å². The number of carbonyl (C=O) groups is 2. The fraction of sp³-hybridized carbons (Fsp3) is 0.667. The Morgan fingerprint density at radius 2 is 2.14 bits per heavy atom. The molecule has 0 bridgehead atoms. The van der Waals surface area contributed by atoms with E-state index in [0.717, 1.165) is 24.8 Å². The molecule has 1 N–H and O–H groups in total. The van der Waals surface area contributed by atoms with Crippen molar-refractivity contribution in [2.24, 2.45) is 13.0 Å². The van der Waals surface area contributed by atoms with Gasteiger partial charge < -0.3 is 10.2 Å². The second-order valence-electron chi connectivity index (χ2n) is 6.06. The van der Waals surface area contributed by atoms with Crippen LogP contribution in [0.3, 0.4) is 0 Å². The van der Waals surface area contributed by atoms with Crippen LogP contribution in [0.1, 0.15) is 31.7 Å². The highest BCUT2D eigenvalue weighted by Crippen LogP contribution is 2.37. The molecule has 2 amide bonds. The second kappa shape index (κ2) is 5.50. The number of nitrogens with one attached hydrogen (secondary N) is 1. The first-order valence-electron chi connectivity index (χ1n) is 7.68. The number of hydrogen-bond acceptors (Lipinski definition) is 3. The summed E-state index contributed by atoms with van der Waals surface area (Å²) in [5.74, 6) is 0.439. The van der Waals surface area contributed by atoms with E-state index in [9.17, 15) is 9.59 Å². The molecule has 2 fully saturated rings. The van der Waals surface area contributed by atoms with Crippen LogP contribution < -0.4 is 5.32 Å². The van der Waals surface area contributed by atoms with Gasteiger partial charge in [0.1, 0.15) is 12.1 Å². The molecular formula is C15H22N4O2. The average Bonchev–Trinajstić information content (AvgIpc) is 3.21. The fourth-order valence-corrected chi connectivity index (χ4v) is 3.05. The van der Waals surface area contributed by atoms with Crippen molar-refractivity contribution in [1.29, 1.82) is 0 Å². The SMILES string of the molecule is CCC1NC(=O)C(C2CC2)N(CCc2cnn(C)c2)C1=O. The first-order valence-corrected chi connectivity index (χ1v) is 7.68. The fourth-order valence-electron chi connectivity index (χ4n) is 3.05. The van der Waals surface area contributed by atoms with Crippen molar-refractivity contribution in [2.75, 3.05) is 6.54 Å². The molecule has 1 aromatic rings. The first-order chi connectivity index (χ1) is 10.1. The highest BCUT2D eigenvalue weighted by molar-refractivity contribution is 5.97. The van der Waals surface area contributed by atoms with Crippen LogP contribution in [0.5, 0.6) is 0 Å². The molecule has 2 heterocycles.